The molecule has 0 N–H and O–H groups in total. The molecule has 0 fully saturated rings. The van der Waals surface area contributed by atoms with Gasteiger partial charge in [-0.3, -0.25) is 0 Å². The molecule has 0 aromatic heterocycles. The summed E-state index contributed by atoms with van der Waals surface area (Å²) in [5.41, 5.74) is 0. The van der Waals surface area contributed by atoms with Crippen LogP contribution in [-0.4, -0.2) is 7.85 Å². The molecule has 9 heavy (non-hydrogen) atoms. The first kappa shape index (κ1) is 9.06. The average Bonchev–Trinajstić information content (AvgIpc) is 1.87. The normalized spacial score (nSPS) is 17.2. The van der Waals surface area contributed by atoms with E-state index in [1.54, 1.807) is 0 Å². The van der Waals surface area contributed by atoms with Crippen molar-refractivity contribution in [3.63, 3.8) is 0 Å². The Morgan fingerprint density at radius 3 is 2.22 bits per heavy atom. The molecule has 0 amide bonds. The van der Waals surface area contributed by atoms with Crippen LogP contribution in [0.1, 0.15) is 40.0 Å². The number of hydrogen-bond acceptors (Lipinski definition) is 0. The average molecular weight is 124 g/mol. The molecule has 0 bridgehead atoms. The van der Waals surface area contributed by atoms with E-state index in [1.165, 1.54) is 12.8 Å². The molecule has 0 heterocycles. The van der Waals surface area contributed by atoms with Gasteiger partial charge in [0, 0.05) is 0 Å². The maximum absolute atomic E-state index is 5.80. The van der Waals surface area contributed by atoms with Gasteiger partial charge in [-0.05, 0) is 5.92 Å². The third kappa shape index (κ3) is 3.61. The molecular weight excluding hydrogens is 107 g/mol. The summed E-state index contributed by atoms with van der Waals surface area (Å²) in [5.74, 6) is 1.13. The molecule has 0 aliphatic rings. The maximum atomic E-state index is 5.80. The van der Waals surface area contributed by atoms with Crippen molar-refractivity contribution in [3.8, 4) is 0 Å². The van der Waals surface area contributed by atoms with E-state index in [4.69, 9.17) is 7.85 Å². The van der Waals surface area contributed by atoms with Crippen LogP contribution in [0.25, 0.3) is 0 Å². The van der Waals surface area contributed by atoms with Gasteiger partial charge >= 0.3 is 0 Å². The van der Waals surface area contributed by atoms with E-state index >= 15 is 0 Å². The monoisotopic (exact) mass is 124 g/mol. The fourth-order valence-corrected chi connectivity index (χ4v) is 1.07. The highest BCUT2D eigenvalue weighted by atomic mass is 14.1. The van der Waals surface area contributed by atoms with Crippen molar-refractivity contribution in [1.82, 2.24) is 0 Å². The molecule has 1 heteroatoms. The Hall–Kier alpha value is 0.0649. The lowest BCUT2D eigenvalue weighted by atomic mass is 9.74. The topological polar surface area (TPSA) is 0 Å². The summed E-state index contributed by atoms with van der Waals surface area (Å²) in [6.45, 7) is 6.59. The van der Waals surface area contributed by atoms with Crippen molar-refractivity contribution in [3.05, 3.63) is 0 Å². The van der Waals surface area contributed by atoms with Gasteiger partial charge in [-0.1, -0.05) is 45.9 Å². The Balaban J connectivity index is 3.32. The summed E-state index contributed by atoms with van der Waals surface area (Å²) in [6.07, 6.45) is 3.64. The minimum atomic E-state index is 0.421. The summed E-state index contributed by atoms with van der Waals surface area (Å²) < 4.78 is 0. The van der Waals surface area contributed by atoms with Gasteiger partial charge in [-0.2, -0.15) is 0 Å². The molecule has 0 aromatic carbocycles. The van der Waals surface area contributed by atoms with Crippen LogP contribution in [0.15, 0.2) is 0 Å². The lowest BCUT2D eigenvalue weighted by Gasteiger charge is -2.16. The van der Waals surface area contributed by atoms with Crippen LogP contribution >= 0.6 is 0 Å². The second kappa shape index (κ2) is 4.90. The first-order chi connectivity index (χ1) is 4.22. The van der Waals surface area contributed by atoms with Crippen LogP contribution in [0.2, 0.25) is 5.82 Å². The molecule has 0 rings (SSSR count). The van der Waals surface area contributed by atoms with Crippen LogP contribution < -0.4 is 0 Å². The van der Waals surface area contributed by atoms with Gasteiger partial charge in [0.2, 0.25) is 0 Å². The van der Waals surface area contributed by atoms with E-state index in [0.29, 0.717) is 11.7 Å². The molecule has 0 saturated carbocycles. The summed E-state index contributed by atoms with van der Waals surface area (Å²) >= 11 is 0. The smallest absolute Gasteiger partial charge is 0.0703 e. The van der Waals surface area contributed by atoms with E-state index < -0.39 is 0 Å². The fraction of sp³-hybridized carbons (Fsp3) is 1.00. The Kier molecular flexibility index (Phi) is 4.93. The zero-order chi connectivity index (χ0) is 7.28. The largest absolute Gasteiger partial charge is 0.0751 e. The van der Waals surface area contributed by atoms with Crippen molar-refractivity contribution in [2.75, 3.05) is 0 Å². The van der Waals surface area contributed by atoms with Gasteiger partial charge < -0.3 is 0 Å². The minimum absolute atomic E-state index is 0.421. The van der Waals surface area contributed by atoms with Crippen molar-refractivity contribution in [2.45, 2.75) is 45.9 Å². The highest BCUT2D eigenvalue weighted by Gasteiger charge is 2.06. The molecule has 52 valence electrons. The van der Waals surface area contributed by atoms with Crippen LogP contribution in [0.3, 0.4) is 0 Å². The molecule has 2 atom stereocenters. The summed E-state index contributed by atoms with van der Waals surface area (Å²) in [4.78, 5) is 0. The van der Waals surface area contributed by atoms with Crippen molar-refractivity contribution in [2.24, 2.45) is 5.92 Å². The second-order valence-electron chi connectivity index (χ2n) is 2.84. The van der Waals surface area contributed by atoms with Crippen LogP contribution in [-0.2, 0) is 0 Å². The molecule has 0 aromatic rings. The molecule has 0 aliphatic carbocycles. The minimum Gasteiger partial charge on any atom is -0.0751 e. The third-order valence-electron chi connectivity index (χ3n) is 1.95. The zero-order valence-corrected chi connectivity index (χ0v) is 6.85. The molecule has 0 aliphatic heterocycles. The third-order valence-corrected chi connectivity index (χ3v) is 1.95. The lowest BCUT2D eigenvalue weighted by Crippen LogP contribution is -2.03. The van der Waals surface area contributed by atoms with E-state index in [0.717, 1.165) is 6.42 Å². The van der Waals surface area contributed by atoms with Gasteiger partial charge in [0.25, 0.3) is 0 Å². The quantitative estimate of drug-likeness (QED) is 0.505. The highest BCUT2D eigenvalue weighted by Crippen LogP contribution is 2.21. The Bertz CT molecular complexity index is 61.6. The van der Waals surface area contributed by atoms with Gasteiger partial charge in [-0.25, -0.2) is 0 Å². The predicted octanol–water partition coefficient (Wildman–Crippen LogP) is 2.79. The molecule has 2 radical (unpaired) electrons. The van der Waals surface area contributed by atoms with E-state index in [1.807, 2.05) is 0 Å². The highest BCUT2D eigenvalue weighted by molar-refractivity contribution is 6.11. The number of rotatable bonds is 4. The zero-order valence-electron chi connectivity index (χ0n) is 6.85. The first-order valence-electron chi connectivity index (χ1n) is 3.97. The molecular formula is C8H17B. The number of hydrogen-bond donors (Lipinski definition) is 0. The fourth-order valence-electron chi connectivity index (χ4n) is 1.07. The molecule has 0 saturated heterocycles. The molecule has 0 spiro atoms. The Morgan fingerprint density at radius 1 is 1.33 bits per heavy atom. The summed E-state index contributed by atoms with van der Waals surface area (Å²) in [6, 6.07) is 0. The van der Waals surface area contributed by atoms with E-state index in [-0.39, 0.29) is 0 Å². The van der Waals surface area contributed by atoms with Crippen molar-refractivity contribution < 1.29 is 0 Å². The maximum Gasteiger partial charge on any atom is 0.0703 e. The standard InChI is InChI=1S/C8H17B/c1-4-6-7(3)8(9)5-2/h7-8H,4-6H2,1-3H3. The van der Waals surface area contributed by atoms with E-state index in [9.17, 15) is 0 Å². The van der Waals surface area contributed by atoms with Crippen LogP contribution in [0, 0.1) is 5.92 Å². The summed E-state index contributed by atoms with van der Waals surface area (Å²) in [5, 5.41) is 0. The summed E-state index contributed by atoms with van der Waals surface area (Å²) in [7, 11) is 5.80. The van der Waals surface area contributed by atoms with Gasteiger partial charge in [0.1, 0.15) is 0 Å². The lowest BCUT2D eigenvalue weighted by molar-refractivity contribution is 0.480. The predicted molar refractivity (Wildman–Crippen MR) is 43.9 cm³/mol. The van der Waals surface area contributed by atoms with Gasteiger partial charge in [0.15, 0.2) is 0 Å². The Morgan fingerprint density at radius 2 is 1.89 bits per heavy atom. The van der Waals surface area contributed by atoms with Crippen molar-refractivity contribution in [1.29, 1.82) is 0 Å². The van der Waals surface area contributed by atoms with Gasteiger partial charge in [-0.15, -0.1) is 0 Å². The SMILES string of the molecule is [B]C(CC)C(C)CCC. The van der Waals surface area contributed by atoms with Crippen molar-refractivity contribution >= 4 is 7.85 Å². The first-order valence-corrected chi connectivity index (χ1v) is 3.97. The van der Waals surface area contributed by atoms with Gasteiger partial charge in [0.05, 0.1) is 7.85 Å². The Labute approximate surface area is 60.4 Å². The molecule has 2 unspecified atom stereocenters. The van der Waals surface area contributed by atoms with Crippen LogP contribution in [0.5, 0.6) is 0 Å². The van der Waals surface area contributed by atoms with E-state index in [2.05, 4.69) is 20.8 Å². The second-order valence-corrected chi connectivity index (χ2v) is 2.84. The van der Waals surface area contributed by atoms with Crippen LogP contribution in [0.4, 0.5) is 0 Å². The molecule has 0 nitrogen and oxygen atoms in total.